The van der Waals surface area contributed by atoms with Crippen molar-refractivity contribution in [3.63, 3.8) is 0 Å². The molecule has 2 rings (SSSR count). The van der Waals surface area contributed by atoms with E-state index in [1.807, 2.05) is 6.07 Å². The molecule has 2 aromatic rings. The highest BCUT2D eigenvalue weighted by atomic mass is 79.9. The van der Waals surface area contributed by atoms with Crippen LogP contribution in [-0.4, -0.2) is 7.11 Å². The zero-order valence-electron chi connectivity index (χ0n) is 11.5. The molecular weight excluding hydrogens is 359 g/mol. The molecule has 1 atom stereocenters. The van der Waals surface area contributed by atoms with Crippen LogP contribution < -0.4 is 4.74 Å². The van der Waals surface area contributed by atoms with E-state index >= 15 is 0 Å². The minimum Gasteiger partial charge on any atom is -0.495 e. The zero-order valence-corrected chi connectivity index (χ0v) is 14.6. The Kier molecular flexibility index (Phi) is 5.00. The predicted octanol–water partition coefficient (Wildman–Crippen LogP) is 6.10. The minimum atomic E-state index is -0.000365. The Morgan fingerprint density at radius 3 is 2.20 bits per heavy atom. The van der Waals surface area contributed by atoms with Crippen molar-refractivity contribution in [3.8, 4) is 5.75 Å². The molecule has 0 radical (unpaired) electrons. The summed E-state index contributed by atoms with van der Waals surface area (Å²) in [6, 6.07) is 9.84. The molecule has 0 bridgehead atoms. The number of aryl methyl sites for hydroxylation is 2. The van der Waals surface area contributed by atoms with Gasteiger partial charge in [0.1, 0.15) is 5.75 Å². The van der Waals surface area contributed by atoms with Crippen LogP contribution in [0.4, 0.5) is 0 Å². The van der Waals surface area contributed by atoms with Crippen molar-refractivity contribution < 1.29 is 4.74 Å². The van der Waals surface area contributed by atoms with Gasteiger partial charge in [0, 0.05) is 11.1 Å². The fourth-order valence-electron chi connectivity index (χ4n) is 2.28. The van der Waals surface area contributed by atoms with Gasteiger partial charge in [0.2, 0.25) is 0 Å². The van der Waals surface area contributed by atoms with E-state index in [0.717, 1.165) is 5.56 Å². The predicted molar refractivity (Wildman–Crippen MR) is 89.7 cm³/mol. The van der Waals surface area contributed by atoms with Gasteiger partial charge in [-0.1, -0.05) is 57.3 Å². The van der Waals surface area contributed by atoms with Crippen molar-refractivity contribution in [2.24, 2.45) is 0 Å². The van der Waals surface area contributed by atoms with Gasteiger partial charge in [-0.05, 0) is 42.2 Å². The van der Waals surface area contributed by atoms with E-state index in [1.54, 1.807) is 13.2 Å². The summed E-state index contributed by atoms with van der Waals surface area (Å²) in [6.07, 6.45) is 0. The van der Waals surface area contributed by atoms with E-state index in [4.69, 9.17) is 27.9 Å². The second-order valence-corrected chi connectivity index (χ2v) is 6.41. The molecular formula is C16H15BrCl2O. The van der Waals surface area contributed by atoms with Gasteiger partial charge < -0.3 is 4.74 Å². The topological polar surface area (TPSA) is 9.23 Å². The Morgan fingerprint density at radius 2 is 1.65 bits per heavy atom. The number of rotatable bonds is 3. The summed E-state index contributed by atoms with van der Waals surface area (Å²) in [5.41, 5.74) is 4.59. The van der Waals surface area contributed by atoms with Crippen LogP contribution in [0.2, 0.25) is 10.0 Å². The maximum atomic E-state index is 6.36. The highest BCUT2D eigenvalue weighted by Crippen LogP contribution is 2.41. The molecule has 0 N–H and O–H groups in total. The van der Waals surface area contributed by atoms with Crippen molar-refractivity contribution in [2.75, 3.05) is 7.11 Å². The third-order valence-corrected chi connectivity index (χ3v) is 4.91. The molecule has 20 heavy (non-hydrogen) atoms. The van der Waals surface area contributed by atoms with Crippen LogP contribution in [0.1, 0.15) is 27.1 Å². The van der Waals surface area contributed by atoms with Crippen LogP contribution in [0.3, 0.4) is 0 Å². The first-order chi connectivity index (χ1) is 9.45. The lowest BCUT2D eigenvalue weighted by atomic mass is 9.96. The first-order valence-corrected chi connectivity index (χ1v) is 7.86. The molecule has 0 aromatic heterocycles. The number of benzene rings is 2. The van der Waals surface area contributed by atoms with Crippen LogP contribution in [0, 0.1) is 13.8 Å². The van der Waals surface area contributed by atoms with Crippen LogP contribution in [0.15, 0.2) is 30.3 Å². The lowest BCUT2D eigenvalue weighted by Crippen LogP contribution is -2.00. The van der Waals surface area contributed by atoms with Crippen molar-refractivity contribution in [1.82, 2.24) is 0 Å². The van der Waals surface area contributed by atoms with Crippen LogP contribution in [-0.2, 0) is 0 Å². The summed E-state index contributed by atoms with van der Waals surface area (Å²) in [6.45, 7) is 4.19. The number of ether oxygens (including phenoxy) is 1. The van der Waals surface area contributed by atoms with Gasteiger partial charge >= 0.3 is 0 Å². The Labute approximate surface area is 138 Å². The molecule has 0 saturated carbocycles. The molecule has 0 heterocycles. The Balaban J connectivity index is 2.54. The fourth-order valence-corrected chi connectivity index (χ4v) is 4.02. The quantitative estimate of drug-likeness (QED) is 0.590. The van der Waals surface area contributed by atoms with Crippen molar-refractivity contribution in [2.45, 2.75) is 18.7 Å². The smallest absolute Gasteiger partial charge is 0.138 e. The molecule has 1 unspecified atom stereocenters. The van der Waals surface area contributed by atoms with Crippen LogP contribution in [0.5, 0.6) is 5.75 Å². The Hall–Kier alpha value is -0.700. The lowest BCUT2D eigenvalue weighted by Gasteiger charge is -2.18. The molecule has 4 heteroatoms. The number of methoxy groups -OCH3 is 1. The number of halogens is 3. The summed E-state index contributed by atoms with van der Waals surface area (Å²) in [4.78, 5) is -0.000365. The highest BCUT2D eigenvalue weighted by molar-refractivity contribution is 9.09. The van der Waals surface area contributed by atoms with Crippen molar-refractivity contribution in [3.05, 3.63) is 62.6 Å². The molecule has 0 aliphatic rings. The van der Waals surface area contributed by atoms with Crippen LogP contribution in [0.25, 0.3) is 0 Å². The molecule has 1 nitrogen and oxygen atoms in total. The van der Waals surface area contributed by atoms with E-state index in [2.05, 4.69) is 48.0 Å². The molecule has 0 aliphatic heterocycles. The average Bonchev–Trinajstić information content (AvgIpc) is 2.40. The minimum absolute atomic E-state index is 0.000365. The summed E-state index contributed by atoms with van der Waals surface area (Å²) >= 11 is 16.3. The van der Waals surface area contributed by atoms with Gasteiger partial charge in [-0.3, -0.25) is 0 Å². The molecule has 106 valence electrons. The number of hydrogen-bond acceptors (Lipinski definition) is 1. The fraction of sp³-hybridized carbons (Fsp3) is 0.250. The summed E-state index contributed by atoms with van der Waals surface area (Å²) in [7, 11) is 1.58. The van der Waals surface area contributed by atoms with Crippen molar-refractivity contribution in [1.29, 1.82) is 0 Å². The second-order valence-electron chi connectivity index (χ2n) is 4.68. The Morgan fingerprint density at radius 1 is 1.05 bits per heavy atom. The van der Waals surface area contributed by atoms with Gasteiger partial charge in [-0.25, -0.2) is 0 Å². The van der Waals surface area contributed by atoms with Gasteiger partial charge in [-0.15, -0.1) is 0 Å². The maximum Gasteiger partial charge on any atom is 0.138 e. The monoisotopic (exact) mass is 372 g/mol. The zero-order chi connectivity index (χ0) is 14.9. The largest absolute Gasteiger partial charge is 0.495 e. The molecule has 0 saturated heterocycles. The van der Waals surface area contributed by atoms with E-state index in [1.165, 1.54) is 16.7 Å². The molecule has 0 fully saturated rings. The number of alkyl halides is 1. The van der Waals surface area contributed by atoms with Gasteiger partial charge in [-0.2, -0.15) is 0 Å². The Bertz CT molecular complexity index is 620. The summed E-state index contributed by atoms with van der Waals surface area (Å²) < 4.78 is 5.18. The normalized spacial score (nSPS) is 12.3. The van der Waals surface area contributed by atoms with Crippen molar-refractivity contribution >= 4 is 39.1 Å². The molecule has 0 spiro atoms. The summed E-state index contributed by atoms with van der Waals surface area (Å²) in [5, 5.41) is 1.19. The van der Waals surface area contributed by atoms with Gasteiger partial charge in [0.05, 0.1) is 17.0 Å². The first kappa shape index (κ1) is 15.7. The van der Waals surface area contributed by atoms with Crippen LogP contribution >= 0.6 is 39.1 Å². The van der Waals surface area contributed by atoms with E-state index in [-0.39, 0.29) is 4.83 Å². The third kappa shape index (κ3) is 2.98. The van der Waals surface area contributed by atoms with E-state index in [0.29, 0.717) is 15.8 Å². The average molecular weight is 374 g/mol. The van der Waals surface area contributed by atoms with Gasteiger partial charge in [0.15, 0.2) is 0 Å². The standard InChI is InChI=1S/C16H15BrCl2O/c1-9-5-4-6-10(2)15(9)16(17)11-7-13(19)14(20-3)8-12(11)18/h4-8,16H,1-3H3. The molecule has 2 aromatic carbocycles. The van der Waals surface area contributed by atoms with E-state index < -0.39 is 0 Å². The second kappa shape index (κ2) is 6.38. The third-order valence-electron chi connectivity index (χ3n) is 3.34. The number of hydrogen-bond donors (Lipinski definition) is 0. The molecule has 0 aliphatic carbocycles. The highest BCUT2D eigenvalue weighted by Gasteiger charge is 2.19. The SMILES string of the molecule is COc1cc(Cl)c(C(Br)c2c(C)cccc2C)cc1Cl. The maximum absolute atomic E-state index is 6.36. The molecule has 0 amide bonds. The lowest BCUT2D eigenvalue weighted by molar-refractivity contribution is 0.415. The van der Waals surface area contributed by atoms with Gasteiger partial charge in [0.25, 0.3) is 0 Å². The van der Waals surface area contributed by atoms with E-state index in [9.17, 15) is 0 Å². The first-order valence-electron chi connectivity index (χ1n) is 6.18. The summed E-state index contributed by atoms with van der Waals surface area (Å²) in [5.74, 6) is 0.585.